The minimum absolute atomic E-state index is 0.151. The Morgan fingerprint density at radius 1 is 1.33 bits per heavy atom. The van der Waals surface area contributed by atoms with E-state index in [1.807, 2.05) is 25.1 Å². The highest BCUT2D eigenvalue weighted by atomic mass is 16.5. The quantitative estimate of drug-likeness (QED) is 0.773. The average molecular weight is 288 g/mol. The number of hydrogen-bond acceptors (Lipinski definition) is 3. The average Bonchev–Trinajstić information content (AvgIpc) is 3.00. The summed E-state index contributed by atoms with van der Waals surface area (Å²) in [5, 5.41) is 0. The van der Waals surface area contributed by atoms with Crippen LogP contribution in [0.25, 0.3) is 0 Å². The molecule has 1 fully saturated rings. The minimum atomic E-state index is -0.268. The van der Waals surface area contributed by atoms with Crippen LogP contribution in [0.2, 0.25) is 0 Å². The number of hydrogen-bond donors (Lipinski definition) is 0. The molecular weight excluding hydrogens is 264 g/mol. The van der Waals surface area contributed by atoms with E-state index in [0.717, 1.165) is 42.7 Å². The Morgan fingerprint density at radius 2 is 2.14 bits per heavy atom. The molecule has 0 amide bonds. The Kier molecular flexibility index (Phi) is 4.59. The highest BCUT2D eigenvalue weighted by Crippen LogP contribution is 2.31. The van der Waals surface area contributed by atoms with Crippen molar-refractivity contribution in [1.82, 2.24) is 0 Å². The molecule has 1 saturated carbocycles. The van der Waals surface area contributed by atoms with Gasteiger partial charge in [0.05, 0.1) is 6.61 Å². The summed E-state index contributed by atoms with van der Waals surface area (Å²) in [5.74, 6) is 1.46. The molecule has 1 aromatic carbocycles. The fourth-order valence-corrected chi connectivity index (χ4v) is 3.55. The van der Waals surface area contributed by atoms with Crippen LogP contribution < -0.4 is 4.74 Å². The molecule has 0 aromatic heterocycles. The van der Waals surface area contributed by atoms with Gasteiger partial charge in [0.25, 0.3) is 0 Å². The number of carbonyl (C=O) groups is 1. The van der Waals surface area contributed by atoms with Crippen LogP contribution in [0.1, 0.15) is 54.9 Å². The smallest absolute Gasteiger partial charge is 0.191 e. The number of Topliss-reactive ketones (excluding diaryl/α,β-unsaturated/α-hetero) is 1. The van der Waals surface area contributed by atoms with Gasteiger partial charge in [-0.2, -0.15) is 0 Å². The summed E-state index contributed by atoms with van der Waals surface area (Å²) in [6.45, 7) is 3.30. The van der Waals surface area contributed by atoms with E-state index in [1.165, 1.54) is 19.3 Å². The van der Waals surface area contributed by atoms with E-state index in [-0.39, 0.29) is 11.9 Å². The van der Waals surface area contributed by atoms with E-state index in [9.17, 15) is 4.79 Å². The molecule has 0 saturated heterocycles. The number of carbonyl (C=O) groups excluding carboxylic acids is 1. The van der Waals surface area contributed by atoms with Crippen molar-refractivity contribution >= 4 is 5.78 Å². The first-order valence-corrected chi connectivity index (χ1v) is 8.21. The van der Waals surface area contributed by atoms with Gasteiger partial charge in [0.2, 0.25) is 0 Å². The van der Waals surface area contributed by atoms with E-state index in [2.05, 4.69) is 0 Å². The van der Waals surface area contributed by atoms with Gasteiger partial charge in [0.1, 0.15) is 11.9 Å². The van der Waals surface area contributed by atoms with Crippen molar-refractivity contribution in [1.29, 1.82) is 0 Å². The topological polar surface area (TPSA) is 35.5 Å². The fourth-order valence-electron chi connectivity index (χ4n) is 3.55. The lowest BCUT2D eigenvalue weighted by molar-refractivity contribution is 0.0127. The van der Waals surface area contributed by atoms with Crippen LogP contribution in [0, 0.1) is 5.92 Å². The summed E-state index contributed by atoms with van der Waals surface area (Å²) in [4.78, 5) is 12.9. The van der Waals surface area contributed by atoms with Gasteiger partial charge in [-0.15, -0.1) is 0 Å². The second-order valence-corrected chi connectivity index (χ2v) is 6.06. The first kappa shape index (κ1) is 14.6. The number of ether oxygens (including phenoxy) is 2. The molecule has 21 heavy (non-hydrogen) atoms. The van der Waals surface area contributed by atoms with Gasteiger partial charge in [-0.3, -0.25) is 4.79 Å². The molecule has 1 aliphatic carbocycles. The normalized spacial score (nSPS) is 19.9. The van der Waals surface area contributed by atoms with Gasteiger partial charge in [0, 0.05) is 18.6 Å². The molecule has 0 radical (unpaired) electrons. The Bertz CT molecular complexity index is 503. The fraction of sp³-hybridized carbons (Fsp3) is 0.611. The number of rotatable bonds is 5. The molecule has 3 rings (SSSR count). The molecular formula is C18H24O3. The van der Waals surface area contributed by atoms with Crippen molar-refractivity contribution in [2.75, 3.05) is 13.2 Å². The molecule has 3 heteroatoms. The van der Waals surface area contributed by atoms with Crippen LogP contribution in [0.5, 0.6) is 5.75 Å². The molecule has 1 heterocycles. The van der Waals surface area contributed by atoms with Crippen molar-refractivity contribution in [3.8, 4) is 5.75 Å². The monoisotopic (exact) mass is 288 g/mol. The van der Waals surface area contributed by atoms with E-state index >= 15 is 0 Å². The largest absolute Gasteiger partial charge is 0.493 e. The zero-order valence-electron chi connectivity index (χ0n) is 12.8. The Labute approximate surface area is 126 Å². The lowest BCUT2D eigenvalue weighted by atomic mass is 9.82. The van der Waals surface area contributed by atoms with E-state index < -0.39 is 0 Å². The summed E-state index contributed by atoms with van der Waals surface area (Å²) >= 11 is 0. The molecule has 1 aliphatic heterocycles. The van der Waals surface area contributed by atoms with Crippen molar-refractivity contribution in [3.05, 3.63) is 29.3 Å². The summed E-state index contributed by atoms with van der Waals surface area (Å²) in [7, 11) is 0. The maximum Gasteiger partial charge on any atom is 0.191 e. The van der Waals surface area contributed by atoms with Gasteiger partial charge in [-0.25, -0.2) is 0 Å². The SMILES string of the molecule is CCOC(C(=O)c1ccc2c(c1)CCO2)C1CCCCC1. The van der Waals surface area contributed by atoms with Crippen LogP contribution >= 0.6 is 0 Å². The molecule has 1 unspecified atom stereocenters. The van der Waals surface area contributed by atoms with Crippen molar-refractivity contribution in [2.45, 2.75) is 51.6 Å². The summed E-state index contributed by atoms with van der Waals surface area (Å²) in [6, 6.07) is 5.82. The second-order valence-electron chi connectivity index (χ2n) is 6.06. The summed E-state index contributed by atoms with van der Waals surface area (Å²) in [5.41, 5.74) is 1.93. The predicted octanol–water partition coefficient (Wildman–Crippen LogP) is 3.79. The van der Waals surface area contributed by atoms with Crippen LogP contribution in [0.15, 0.2) is 18.2 Å². The number of fused-ring (bicyclic) bond motifs is 1. The first-order valence-electron chi connectivity index (χ1n) is 8.21. The lowest BCUT2D eigenvalue weighted by Gasteiger charge is -2.29. The molecule has 3 nitrogen and oxygen atoms in total. The molecule has 0 bridgehead atoms. The molecule has 1 atom stereocenters. The first-order chi connectivity index (χ1) is 10.3. The molecule has 114 valence electrons. The third-order valence-electron chi connectivity index (χ3n) is 4.66. The molecule has 1 aromatic rings. The molecule has 0 spiro atoms. The standard InChI is InChI=1S/C18H24O3/c1-2-20-18(13-6-4-3-5-7-13)17(19)15-8-9-16-14(12-15)10-11-21-16/h8-9,12-13,18H,2-7,10-11H2,1H3. The highest BCUT2D eigenvalue weighted by Gasteiger charge is 2.31. The van der Waals surface area contributed by atoms with Crippen LogP contribution in [0.4, 0.5) is 0 Å². The summed E-state index contributed by atoms with van der Waals surface area (Å²) < 4.78 is 11.4. The summed E-state index contributed by atoms with van der Waals surface area (Å²) in [6.07, 6.45) is 6.60. The van der Waals surface area contributed by atoms with Crippen LogP contribution in [0.3, 0.4) is 0 Å². The van der Waals surface area contributed by atoms with E-state index in [0.29, 0.717) is 12.5 Å². The molecule has 0 N–H and O–H groups in total. The third-order valence-corrected chi connectivity index (χ3v) is 4.66. The number of ketones is 1. The van der Waals surface area contributed by atoms with E-state index in [4.69, 9.17) is 9.47 Å². The minimum Gasteiger partial charge on any atom is -0.493 e. The van der Waals surface area contributed by atoms with Crippen molar-refractivity contribution in [2.24, 2.45) is 5.92 Å². The lowest BCUT2D eigenvalue weighted by Crippen LogP contribution is -2.34. The van der Waals surface area contributed by atoms with Crippen molar-refractivity contribution in [3.63, 3.8) is 0 Å². The molecule has 2 aliphatic rings. The highest BCUT2D eigenvalue weighted by molar-refractivity contribution is 6.00. The zero-order chi connectivity index (χ0) is 14.7. The van der Waals surface area contributed by atoms with Gasteiger partial charge in [-0.1, -0.05) is 19.3 Å². The second kappa shape index (κ2) is 6.61. The van der Waals surface area contributed by atoms with Crippen LogP contribution in [-0.4, -0.2) is 25.1 Å². The Hall–Kier alpha value is -1.35. The number of benzene rings is 1. The zero-order valence-corrected chi connectivity index (χ0v) is 12.8. The predicted molar refractivity (Wildman–Crippen MR) is 82.0 cm³/mol. The van der Waals surface area contributed by atoms with Gasteiger partial charge >= 0.3 is 0 Å². The van der Waals surface area contributed by atoms with Gasteiger partial charge < -0.3 is 9.47 Å². The maximum absolute atomic E-state index is 12.9. The van der Waals surface area contributed by atoms with Gasteiger partial charge in [0.15, 0.2) is 5.78 Å². The van der Waals surface area contributed by atoms with Gasteiger partial charge in [-0.05, 0) is 49.4 Å². The van der Waals surface area contributed by atoms with Crippen molar-refractivity contribution < 1.29 is 14.3 Å². The Balaban J connectivity index is 1.79. The van der Waals surface area contributed by atoms with E-state index in [1.54, 1.807) is 0 Å². The third kappa shape index (κ3) is 3.13. The van der Waals surface area contributed by atoms with Crippen LogP contribution in [-0.2, 0) is 11.2 Å². The maximum atomic E-state index is 12.9. The Morgan fingerprint density at radius 3 is 2.90 bits per heavy atom.